The molecule has 0 unspecified atom stereocenters. The third kappa shape index (κ3) is 3.61. The molecule has 1 aromatic rings. The van der Waals surface area contributed by atoms with Crippen LogP contribution in [0.15, 0.2) is 16.6 Å². The molecule has 0 spiro atoms. The van der Waals surface area contributed by atoms with Gasteiger partial charge in [-0.3, -0.25) is 0 Å². The van der Waals surface area contributed by atoms with Crippen molar-refractivity contribution in [3.8, 4) is 11.5 Å². The van der Waals surface area contributed by atoms with Crippen LogP contribution in [0.1, 0.15) is 12.5 Å². The molecule has 5 heteroatoms. The third-order valence-electron chi connectivity index (χ3n) is 3.94. The molecule has 0 amide bonds. The first kappa shape index (κ1) is 14.6. The summed E-state index contributed by atoms with van der Waals surface area (Å²) in [5.74, 6) is 0.824. The number of ether oxygens (including phenoxy) is 1. The lowest BCUT2D eigenvalue weighted by Gasteiger charge is -2.29. The first-order valence-corrected chi connectivity index (χ1v) is 7.65. The Morgan fingerprint density at radius 2 is 1.84 bits per heavy atom. The number of nitrogens with one attached hydrogen (secondary N) is 2. The van der Waals surface area contributed by atoms with E-state index in [1.807, 2.05) is 6.07 Å². The van der Waals surface area contributed by atoms with E-state index in [2.05, 4.69) is 22.9 Å². The van der Waals surface area contributed by atoms with Crippen molar-refractivity contribution in [3.05, 3.63) is 22.2 Å². The van der Waals surface area contributed by atoms with Gasteiger partial charge in [-0.25, -0.2) is 0 Å². The summed E-state index contributed by atoms with van der Waals surface area (Å²) in [6.07, 6.45) is 0. The SMILES string of the molecule is CC[NH+]1CC[NH+](Cc2cc(Br)cc(OC)c2O)CC1. The molecule has 106 valence electrons. The third-order valence-corrected chi connectivity index (χ3v) is 4.40. The van der Waals surface area contributed by atoms with Crippen LogP contribution in [0.5, 0.6) is 11.5 Å². The summed E-state index contributed by atoms with van der Waals surface area (Å²) in [4.78, 5) is 3.22. The van der Waals surface area contributed by atoms with E-state index < -0.39 is 0 Å². The zero-order valence-electron chi connectivity index (χ0n) is 11.6. The number of hydrogen-bond donors (Lipinski definition) is 3. The Kier molecular flexibility index (Phi) is 5.07. The van der Waals surface area contributed by atoms with Gasteiger partial charge in [0, 0.05) is 4.47 Å². The zero-order chi connectivity index (χ0) is 13.8. The van der Waals surface area contributed by atoms with Gasteiger partial charge >= 0.3 is 0 Å². The van der Waals surface area contributed by atoms with E-state index in [9.17, 15) is 5.11 Å². The van der Waals surface area contributed by atoms with Crippen LogP contribution in [0.25, 0.3) is 0 Å². The molecule has 1 fully saturated rings. The number of aromatic hydroxyl groups is 1. The molecule has 0 radical (unpaired) electrons. The first-order chi connectivity index (χ1) is 9.13. The van der Waals surface area contributed by atoms with Crippen molar-refractivity contribution in [1.82, 2.24) is 0 Å². The Hall–Kier alpha value is -0.780. The molecule has 2 rings (SSSR count). The zero-order valence-corrected chi connectivity index (χ0v) is 13.2. The lowest BCUT2D eigenvalue weighted by molar-refractivity contribution is -1.02. The predicted molar refractivity (Wildman–Crippen MR) is 78.0 cm³/mol. The second-order valence-electron chi connectivity index (χ2n) is 5.15. The van der Waals surface area contributed by atoms with Gasteiger partial charge < -0.3 is 19.6 Å². The van der Waals surface area contributed by atoms with E-state index in [1.54, 1.807) is 18.1 Å². The summed E-state index contributed by atoms with van der Waals surface area (Å²) in [6, 6.07) is 3.79. The topological polar surface area (TPSA) is 38.3 Å². The highest BCUT2D eigenvalue weighted by molar-refractivity contribution is 9.10. The fourth-order valence-electron chi connectivity index (χ4n) is 2.68. The molecule has 4 nitrogen and oxygen atoms in total. The lowest BCUT2D eigenvalue weighted by atomic mass is 10.1. The molecular formula is C14H23BrN2O2+2. The van der Waals surface area contributed by atoms with Gasteiger partial charge in [-0.1, -0.05) is 15.9 Å². The molecule has 19 heavy (non-hydrogen) atoms. The second kappa shape index (κ2) is 6.59. The maximum absolute atomic E-state index is 10.2. The number of phenolic OH excluding ortho intramolecular Hbond substituents is 1. The van der Waals surface area contributed by atoms with Crippen LogP contribution in [0.4, 0.5) is 0 Å². The van der Waals surface area contributed by atoms with Crippen molar-refractivity contribution in [1.29, 1.82) is 0 Å². The van der Waals surface area contributed by atoms with E-state index in [1.165, 1.54) is 24.5 Å². The molecule has 1 aliphatic heterocycles. The van der Waals surface area contributed by atoms with Gasteiger partial charge in [0.25, 0.3) is 0 Å². The van der Waals surface area contributed by atoms with Crippen molar-refractivity contribution < 1.29 is 19.6 Å². The number of methoxy groups -OCH3 is 1. The average Bonchev–Trinajstić information content (AvgIpc) is 2.43. The van der Waals surface area contributed by atoms with Crippen molar-refractivity contribution in [2.45, 2.75) is 13.5 Å². The number of quaternary nitrogens is 2. The van der Waals surface area contributed by atoms with E-state index in [4.69, 9.17) is 4.74 Å². The smallest absolute Gasteiger partial charge is 0.166 e. The Morgan fingerprint density at radius 1 is 1.21 bits per heavy atom. The maximum atomic E-state index is 10.2. The van der Waals surface area contributed by atoms with E-state index >= 15 is 0 Å². The van der Waals surface area contributed by atoms with Gasteiger partial charge in [0.1, 0.15) is 32.7 Å². The number of rotatable bonds is 4. The molecule has 1 heterocycles. The molecule has 0 atom stereocenters. The molecule has 1 saturated heterocycles. The molecule has 0 saturated carbocycles. The van der Waals surface area contributed by atoms with Gasteiger partial charge in [0.05, 0.1) is 19.2 Å². The van der Waals surface area contributed by atoms with Crippen molar-refractivity contribution in [2.75, 3.05) is 39.8 Å². The van der Waals surface area contributed by atoms with Crippen LogP contribution in [0, 0.1) is 0 Å². The van der Waals surface area contributed by atoms with Gasteiger partial charge in [0.15, 0.2) is 11.5 Å². The van der Waals surface area contributed by atoms with E-state index in [0.29, 0.717) is 5.75 Å². The molecule has 0 aromatic heterocycles. The van der Waals surface area contributed by atoms with Gasteiger partial charge in [0.2, 0.25) is 0 Å². The Bertz CT molecular complexity index is 432. The molecular weight excluding hydrogens is 308 g/mol. The van der Waals surface area contributed by atoms with Crippen LogP contribution < -0.4 is 14.5 Å². The van der Waals surface area contributed by atoms with Crippen LogP contribution in [-0.4, -0.2) is 44.9 Å². The highest BCUT2D eigenvalue weighted by atomic mass is 79.9. The largest absolute Gasteiger partial charge is 0.504 e. The maximum Gasteiger partial charge on any atom is 0.166 e. The summed E-state index contributed by atoms with van der Waals surface area (Å²) < 4.78 is 6.15. The van der Waals surface area contributed by atoms with Crippen molar-refractivity contribution in [3.63, 3.8) is 0 Å². The van der Waals surface area contributed by atoms with E-state index in [0.717, 1.165) is 29.7 Å². The fourth-order valence-corrected chi connectivity index (χ4v) is 3.16. The fraction of sp³-hybridized carbons (Fsp3) is 0.571. The summed E-state index contributed by atoms with van der Waals surface area (Å²) in [6.45, 7) is 9.08. The molecule has 1 aromatic carbocycles. The quantitative estimate of drug-likeness (QED) is 0.694. The van der Waals surface area contributed by atoms with Gasteiger partial charge in [-0.2, -0.15) is 0 Å². The minimum Gasteiger partial charge on any atom is -0.504 e. The van der Waals surface area contributed by atoms with Crippen LogP contribution in [0.2, 0.25) is 0 Å². The molecule has 3 N–H and O–H groups in total. The highest BCUT2D eigenvalue weighted by Crippen LogP contribution is 2.33. The summed E-state index contributed by atoms with van der Waals surface area (Å²) in [7, 11) is 1.58. The predicted octanol–water partition coefficient (Wildman–Crippen LogP) is -0.533. The highest BCUT2D eigenvalue weighted by Gasteiger charge is 2.23. The van der Waals surface area contributed by atoms with Gasteiger partial charge in [-0.05, 0) is 19.1 Å². The molecule has 0 bridgehead atoms. The number of piperazine rings is 1. The van der Waals surface area contributed by atoms with Crippen LogP contribution in [0.3, 0.4) is 0 Å². The standard InChI is InChI=1S/C14H21BrN2O2/c1-3-16-4-6-17(7-5-16)10-11-8-12(15)9-13(19-2)14(11)18/h8-9,18H,3-7,10H2,1-2H3/p+2. The Balaban J connectivity index is 2.05. The first-order valence-electron chi connectivity index (χ1n) is 6.86. The second-order valence-corrected chi connectivity index (χ2v) is 6.06. The number of phenols is 1. The molecule has 0 aliphatic carbocycles. The number of halogens is 1. The Labute approximate surface area is 123 Å². The summed E-state index contributed by atoms with van der Waals surface area (Å²) >= 11 is 3.47. The minimum absolute atomic E-state index is 0.281. The number of likely N-dealkylation sites (N-methyl/N-ethyl adjacent to an activating group) is 1. The average molecular weight is 331 g/mol. The van der Waals surface area contributed by atoms with Gasteiger partial charge in [-0.15, -0.1) is 0 Å². The normalized spacial score (nSPS) is 23.3. The number of benzene rings is 1. The Morgan fingerprint density at radius 3 is 2.42 bits per heavy atom. The number of hydrogen-bond acceptors (Lipinski definition) is 2. The lowest BCUT2D eigenvalue weighted by Crippen LogP contribution is -3.27. The van der Waals surface area contributed by atoms with Crippen LogP contribution in [-0.2, 0) is 6.54 Å². The van der Waals surface area contributed by atoms with Crippen molar-refractivity contribution >= 4 is 15.9 Å². The summed E-state index contributed by atoms with van der Waals surface area (Å²) in [5, 5.41) is 10.2. The molecule has 1 aliphatic rings. The van der Waals surface area contributed by atoms with Crippen LogP contribution >= 0.6 is 15.9 Å². The monoisotopic (exact) mass is 330 g/mol. The minimum atomic E-state index is 0.281. The van der Waals surface area contributed by atoms with E-state index in [-0.39, 0.29) is 5.75 Å². The summed E-state index contributed by atoms with van der Waals surface area (Å²) in [5.41, 5.74) is 0.959. The van der Waals surface area contributed by atoms with Crippen molar-refractivity contribution in [2.24, 2.45) is 0 Å².